The third kappa shape index (κ3) is 3.37. The number of nitrogens with zero attached hydrogens (tertiary/aromatic N) is 1. The molecule has 3 aromatic rings. The van der Waals surface area contributed by atoms with Crippen molar-refractivity contribution in [3.8, 4) is 0 Å². The lowest BCUT2D eigenvalue weighted by Gasteiger charge is -2.10. The van der Waals surface area contributed by atoms with Gasteiger partial charge in [-0.25, -0.2) is 10.8 Å². The lowest BCUT2D eigenvalue weighted by atomic mass is 10.1. The van der Waals surface area contributed by atoms with Crippen molar-refractivity contribution >= 4 is 44.4 Å². The molecule has 0 aliphatic rings. The van der Waals surface area contributed by atoms with Crippen LogP contribution in [-0.4, -0.2) is 4.98 Å². The lowest BCUT2D eigenvalue weighted by Crippen LogP contribution is -2.11. The van der Waals surface area contributed by atoms with Gasteiger partial charge in [0.25, 0.3) is 0 Å². The van der Waals surface area contributed by atoms with Crippen molar-refractivity contribution in [3.05, 3.63) is 64.6 Å². The molecule has 3 N–H and O–H groups in total. The monoisotopic (exact) mass is 359 g/mol. The summed E-state index contributed by atoms with van der Waals surface area (Å²) in [5.74, 6) is 7.16. The summed E-state index contributed by atoms with van der Waals surface area (Å²) in [6.07, 6.45) is 0. The van der Waals surface area contributed by atoms with Crippen molar-refractivity contribution in [3.63, 3.8) is 0 Å². The van der Waals surface area contributed by atoms with Gasteiger partial charge in [-0.1, -0.05) is 34.1 Å². The van der Waals surface area contributed by atoms with Crippen LogP contribution in [-0.2, 0) is 5.75 Å². The molecule has 0 bridgehead atoms. The normalized spacial score (nSPS) is 10.8. The van der Waals surface area contributed by atoms with Crippen molar-refractivity contribution < 1.29 is 0 Å². The number of pyridine rings is 1. The molecule has 1 aromatic heterocycles. The van der Waals surface area contributed by atoms with Crippen molar-refractivity contribution in [1.82, 2.24) is 4.98 Å². The van der Waals surface area contributed by atoms with Gasteiger partial charge in [-0.05, 0) is 36.4 Å². The molecule has 0 spiro atoms. The molecule has 0 saturated heterocycles. The van der Waals surface area contributed by atoms with E-state index >= 15 is 0 Å². The zero-order valence-corrected chi connectivity index (χ0v) is 13.6. The molecule has 5 heteroatoms. The Morgan fingerprint density at radius 3 is 2.62 bits per heavy atom. The summed E-state index contributed by atoms with van der Waals surface area (Å²) in [6.45, 7) is 0. The fourth-order valence-electron chi connectivity index (χ4n) is 2.09. The van der Waals surface area contributed by atoms with Crippen LogP contribution in [0.4, 0.5) is 5.82 Å². The van der Waals surface area contributed by atoms with Crippen LogP contribution in [0.2, 0.25) is 0 Å². The first-order valence-corrected chi connectivity index (χ1v) is 8.28. The minimum atomic E-state index is 0.735. The Bertz CT molecular complexity index is 759. The van der Waals surface area contributed by atoms with E-state index in [4.69, 9.17) is 5.84 Å². The Labute approximate surface area is 136 Å². The van der Waals surface area contributed by atoms with Gasteiger partial charge in [-0.3, -0.25) is 0 Å². The number of aromatic nitrogens is 1. The van der Waals surface area contributed by atoms with Gasteiger partial charge >= 0.3 is 0 Å². The first-order chi connectivity index (χ1) is 10.3. The molecule has 1 heterocycles. The second-order valence-electron chi connectivity index (χ2n) is 4.58. The number of hydrogen-bond donors (Lipinski definition) is 2. The highest BCUT2D eigenvalue weighted by atomic mass is 79.9. The van der Waals surface area contributed by atoms with Gasteiger partial charge < -0.3 is 5.43 Å². The van der Waals surface area contributed by atoms with Gasteiger partial charge in [0.1, 0.15) is 5.82 Å². The quantitative estimate of drug-likeness (QED) is 0.406. The van der Waals surface area contributed by atoms with E-state index in [9.17, 15) is 0 Å². The molecule has 106 valence electrons. The Balaban J connectivity index is 1.86. The Kier molecular flexibility index (Phi) is 4.43. The van der Waals surface area contributed by atoms with E-state index in [1.165, 1.54) is 4.90 Å². The van der Waals surface area contributed by atoms with E-state index < -0.39 is 0 Å². The Morgan fingerprint density at radius 2 is 1.86 bits per heavy atom. The number of halogens is 1. The number of anilines is 1. The Morgan fingerprint density at radius 1 is 1.10 bits per heavy atom. The van der Waals surface area contributed by atoms with Crippen LogP contribution < -0.4 is 11.3 Å². The zero-order valence-electron chi connectivity index (χ0n) is 11.2. The minimum absolute atomic E-state index is 0.735. The molecule has 2 aromatic carbocycles. The van der Waals surface area contributed by atoms with Gasteiger partial charge in [-0.2, -0.15) is 0 Å². The van der Waals surface area contributed by atoms with E-state index in [1.807, 2.05) is 30.3 Å². The number of thioether (sulfide) groups is 1. The fourth-order valence-corrected chi connectivity index (χ4v) is 3.22. The van der Waals surface area contributed by atoms with E-state index in [1.54, 1.807) is 11.8 Å². The molecule has 0 fully saturated rings. The van der Waals surface area contributed by atoms with Gasteiger partial charge in [0, 0.05) is 26.1 Å². The topological polar surface area (TPSA) is 50.9 Å². The van der Waals surface area contributed by atoms with Crippen molar-refractivity contribution in [2.45, 2.75) is 10.6 Å². The summed E-state index contributed by atoms with van der Waals surface area (Å²) in [6, 6.07) is 18.5. The summed E-state index contributed by atoms with van der Waals surface area (Å²) in [5.41, 5.74) is 4.75. The predicted octanol–water partition coefficient (Wildman–Crippen LogP) is 4.58. The van der Waals surface area contributed by atoms with Crippen LogP contribution in [0.1, 0.15) is 5.56 Å². The number of nitrogen functional groups attached to an aromatic ring is 1. The molecular weight excluding hydrogens is 346 g/mol. The first kappa shape index (κ1) is 14.4. The van der Waals surface area contributed by atoms with Crippen LogP contribution in [0, 0.1) is 0 Å². The summed E-state index contributed by atoms with van der Waals surface area (Å²) in [4.78, 5) is 5.78. The maximum atomic E-state index is 5.60. The van der Waals surface area contributed by atoms with Crippen LogP contribution in [0.15, 0.2) is 64.0 Å². The molecule has 0 unspecified atom stereocenters. The highest BCUT2D eigenvalue weighted by Gasteiger charge is 2.06. The van der Waals surface area contributed by atoms with Crippen LogP contribution in [0.3, 0.4) is 0 Å². The van der Waals surface area contributed by atoms with Gasteiger partial charge in [-0.15, -0.1) is 11.8 Å². The highest BCUT2D eigenvalue weighted by Crippen LogP contribution is 2.28. The molecule has 3 nitrogen and oxygen atoms in total. The molecule has 0 saturated carbocycles. The second-order valence-corrected chi connectivity index (χ2v) is 6.54. The summed E-state index contributed by atoms with van der Waals surface area (Å²) < 4.78 is 1.09. The van der Waals surface area contributed by atoms with Gasteiger partial charge in [0.15, 0.2) is 0 Å². The summed E-state index contributed by atoms with van der Waals surface area (Å²) >= 11 is 5.21. The van der Waals surface area contributed by atoms with Crippen molar-refractivity contribution in [2.75, 3.05) is 5.43 Å². The highest BCUT2D eigenvalue weighted by molar-refractivity contribution is 9.10. The third-order valence-electron chi connectivity index (χ3n) is 3.15. The number of hydrogen-bond acceptors (Lipinski definition) is 4. The smallest absolute Gasteiger partial charge is 0.144 e. The van der Waals surface area contributed by atoms with Crippen LogP contribution >= 0.6 is 27.7 Å². The fraction of sp³-hybridized carbons (Fsp3) is 0.0625. The van der Waals surface area contributed by atoms with Crippen molar-refractivity contribution in [1.29, 1.82) is 0 Å². The molecule has 0 atom stereocenters. The molecule has 21 heavy (non-hydrogen) atoms. The molecule has 0 radical (unpaired) electrons. The first-order valence-electron chi connectivity index (χ1n) is 6.50. The molecule has 0 aliphatic carbocycles. The number of nitrogens with one attached hydrogen (secondary N) is 1. The number of para-hydroxylation sites is 1. The number of nitrogens with two attached hydrogens (primary N) is 1. The second kappa shape index (κ2) is 6.47. The zero-order chi connectivity index (χ0) is 14.7. The summed E-state index contributed by atoms with van der Waals surface area (Å²) in [5, 5.41) is 1.13. The average Bonchev–Trinajstić information content (AvgIpc) is 2.53. The van der Waals surface area contributed by atoms with Crippen LogP contribution in [0.5, 0.6) is 0 Å². The van der Waals surface area contributed by atoms with Crippen LogP contribution in [0.25, 0.3) is 10.9 Å². The number of hydrazine groups is 1. The number of rotatable bonds is 4. The minimum Gasteiger partial charge on any atom is -0.308 e. The Hall–Kier alpha value is -1.56. The van der Waals surface area contributed by atoms with Crippen molar-refractivity contribution in [2.24, 2.45) is 5.84 Å². The summed E-state index contributed by atoms with van der Waals surface area (Å²) in [7, 11) is 0. The van der Waals surface area contributed by atoms with Gasteiger partial charge in [0.05, 0.1) is 5.52 Å². The van der Waals surface area contributed by atoms with Gasteiger partial charge in [0.2, 0.25) is 0 Å². The van der Waals surface area contributed by atoms with E-state index in [0.29, 0.717) is 0 Å². The standard InChI is InChI=1S/C16H14BrN3S/c17-13-5-7-14(8-6-13)21-10-12-9-11-3-1-2-4-15(11)19-16(12)20-18/h1-9H,10,18H2,(H,19,20). The number of benzene rings is 2. The lowest BCUT2D eigenvalue weighted by molar-refractivity contribution is 1.21. The molecule has 0 aliphatic heterocycles. The van der Waals surface area contributed by atoms with E-state index in [-0.39, 0.29) is 0 Å². The maximum Gasteiger partial charge on any atom is 0.144 e. The largest absolute Gasteiger partial charge is 0.308 e. The maximum absolute atomic E-state index is 5.60. The SMILES string of the molecule is NNc1nc2ccccc2cc1CSc1ccc(Br)cc1. The molecule has 0 amide bonds. The molecular formula is C16H14BrN3S. The average molecular weight is 360 g/mol. The predicted molar refractivity (Wildman–Crippen MR) is 93.3 cm³/mol. The third-order valence-corrected chi connectivity index (χ3v) is 4.74. The molecule has 3 rings (SSSR count). The van der Waals surface area contributed by atoms with E-state index in [2.05, 4.69) is 50.6 Å². The number of fused-ring (bicyclic) bond motifs is 1. The van der Waals surface area contributed by atoms with E-state index in [0.717, 1.165) is 32.5 Å².